The van der Waals surface area contributed by atoms with E-state index in [1.54, 1.807) is 41.2 Å². The number of benzene rings is 1. The number of methoxy groups -OCH3 is 1. The zero-order chi connectivity index (χ0) is 16.8. The summed E-state index contributed by atoms with van der Waals surface area (Å²) in [6, 6.07) is 7.05. The second-order valence-corrected chi connectivity index (χ2v) is 5.98. The van der Waals surface area contributed by atoms with Crippen molar-refractivity contribution in [3.05, 3.63) is 29.8 Å². The van der Waals surface area contributed by atoms with Crippen LogP contribution < -0.4 is 4.74 Å². The average molecular weight is 320 g/mol. The Kier molecular flexibility index (Phi) is 5.84. The van der Waals surface area contributed by atoms with Crippen molar-refractivity contribution >= 4 is 12.0 Å². The number of carbonyl (C=O) groups is 2. The van der Waals surface area contributed by atoms with Gasteiger partial charge in [-0.05, 0) is 30.2 Å². The van der Waals surface area contributed by atoms with E-state index in [4.69, 9.17) is 9.47 Å². The highest BCUT2D eigenvalue weighted by atomic mass is 16.6. The molecule has 0 saturated carbocycles. The van der Waals surface area contributed by atoms with Crippen molar-refractivity contribution in [2.24, 2.45) is 5.92 Å². The van der Waals surface area contributed by atoms with E-state index in [9.17, 15) is 9.59 Å². The minimum Gasteiger partial charge on any atom is -0.497 e. The van der Waals surface area contributed by atoms with Gasteiger partial charge >= 0.3 is 6.09 Å². The van der Waals surface area contributed by atoms with Gasteiger partial charge in [0.25, 0.3) is 5.91 Å². The third kappa shape index (κ3) is 4.61. The van der Waals surface area contributed by atoms with E-state index >= 15 is 0 Å². The molecule has 1 aromatic rings. The Balaban J connectivity index is 1.85. The van der Waals surface area contributed by atoms with Crippen LogP contribution in [-0.4, -0.2) is 61.7 Å². The van der Waals surface area contributed by atoms with E-state index in [1.165, 1.54) is 0 Å². The fraction of sp³-hybridized carbons (Fsp3) is 0.529. The van der Waals surface area contributed by atoms with Gasteiger partial charge in [-0.25, -0.2) is 4.79 Å². The molecule has 2 amide bonds. The quantitative estimate of drug-likeness (QED) is 0.854. The smallest absolute Gasteiger partial charge is 0.409 e. The minimum absolute atomic E-state index is 0.0251. The second kappa shape index (κ2) is 7.85. The van der Waals surface area contributed by atoms with Crippen LogP contribution in [0.2, 0.25) is 0 Å². The van der Waals surface area contributed by atoms with Gasteiger partial charge in [-0.15, -0.1) is 0 Å². The highest BCUT2D eigenvalue weighted by Crippen LogP contribution is 2.14. The standard InChI is InChI=1S/C17H24N2O4/c1-13(2)12-23-17(21)19-10-8-18(9-11-19)16(20)14-4-6-15(22-3)7-5-14/h4-7,13H,8-12H2,1-3H3. The number of hydrogen-bond acceptors (Lipinski definition) is 4. The number of hydrogen-bond donors (Lipinski definition) is 0. The molecule has 1 fully saturated rings. The molecule has 1 aliphatic heterocycles. The summed E-state index contributed by atoms with van der Waals surface area (Å²) < 4.78 is 10.3. The lowest BCUT2D eigenvalue weighted by molar-refractivity contribution is 0.0535. The number of piperazine rings is 1. The predicted molar refractivity (Wildman–Crippen MR) is 86.7 cm³/mol. The topological polar surface area (TPSA) is 59.1 Å². The fourth-order valence-electron chi connectivity index (χ4n) is 2.34. The minimum atomic E-state index is -0.296. The summed E-state index contributed by atoms with van der Waals surface area (Å²) in [4.78, 5) is 27.8. The molecule has 0 N–H and O–H groups in total. The van der Waals surface area contributed by atoms with Crippen molar-refractivity contribution in [1.82, 2.24) is 9.80 Å². The number of ether oxygens (including phenoxy) is 2. The Bertz CT molecular complexity index is 534. The summed E-state index contributed by atoms with van der Waals surface area (Å²) >= 11 is 0. The zero-order valence-corrected chi connectivity index (χ0v) is 13.9. The molecule has 1 saturated heterocycles. The first kappa shape index (κ1) is 17.1. The van der Waals surface area contributed by atoms with Crippen LogP contribution in [0.5, 0.6) is 5.75 Å². The summed E-state index contributed by atoms with van der Waals surface area (Å²) in [5, 5.41) is 0. The molecule has 6 heteroatoms. The Hall–Kier alpha value is -2.24. The van der Waals surface area contributed by atoms with Crippen LogP contribution >= 0.6 is 0 Å². The Morgan fingerprint density at radius 2 is 1.61 bits per heavy atom. The lowest BCUT2D eigenvalue weighted by Crippen LogP contribution is -2.50. The van der Waals surface area contributed by atoms with Gasteiger partial charge in [-0.2, -0.15) is 0 Å². The lowest BCUT2D eigenvalue weighted by Gasteiger charge is -2.34. The molecular formula is C17H24N2O4. The summed E-state index contributed by atoms with van der Waals surface area (Å²) in [6.45, 7) is 6.45. The zero-order valence-electron chi connectivity index (χ0n) is 13.9. The average Bonchev–Trinajstić information content (AvgIpc) is 2.59. The molecule has 1 aromatic carbocycles. The molecule has 0 aromatic heterocycles. The van der Waals surface area contributed by atoms with Crippen molar-refractivity contribution in [3.8, 4) is 5.75 Å². The van der Waals surface area contributed by atoms with Crippen LogP contribution in [0.4, 0.5) is 4.79 Å². The first-order valence-electron chi connectivity index (χ1n) is 7.86. The van der Waals surface area contributed by atoms with Crippen molar-refractivity contribution < 1.29 is 19.1 Å². The van der Waals surface area contributed by atoms with E-state index < -0.39 is 0 Å². The van der Waals surface area contributed by atoms with Crippen LogP contribution in [0, 0.1) is 5.92 Å². The SMILES string of the molecule is COc1ccc(C(=O)N2CCN(C(=O)OCC(C)C)CC2)cc1. The molecule has 2 rings (SSSR count). The number of amides is 2. The van der Waals surface area contributed by atoms with E-state index in [-0.39, 0.29) is 12.0 Å². The summed E-state index contributed by atoms with van der Waals surface area (Å²) in [6.07, 6.45) is -0.296. The largest absolute Gasteiger partial charge is 0.497 e. The predicted octanol–water partition coefficient (Wildman–Crippen LogP) is 2.25. The normalized spacial score (nSPS) is 14.8. The van der Waals surface area contributed by atoms with E-state index in [2.05, 4.69) is 0 Å². The summed E-state index contributed by atoms with van der Waals surface area (Å²) in [5.74, 6) is 1.01. The molecule has 1 aliphatic rings. The van der Waals surface area contributed by atoms with Gasteiger partial charge in [0.2, 0.25) is 0 Å². The molecular weight excluding hydrogens is 296 g/mol. The van der Waals surface area contributed by atoms with Crippen LogP contribution in [-0.2, 0) is 4.74 Å². The molecule has 1 heterocycles. The van der Waals surface area contributed by atoms with Crippen LogP contribution in [0.1, 0.15) is 24.2 Å². The summed E-state index contributed by atoms with van der Waals surface area (Å²) in [7, 11) is 1.59. The molecule has 0 spiro atoms. The second-order valence-electron chi connectivity index (χ2n) is 5.98. The third-order valence-corrected chi connectivity index (χ3v) is 3.70. The Labute approximate surface area is 137 Å². The Morgan fingerprint density at radius 3 is 2.13 bits per heavy atom. The van der Waals surface area contributed by atoms with E-state index in [0.717, 1.165) is 5.75 Å². The maximum atomic E-state index is 12.4. The molecule has 0 atom stereocenters. The first-order chi connectivity index (χ1) is 11.0. The van der Waals surface area contributed by atoms with Gasteiger partial charge in [0.15, 0.2) is 0 Å². The molecule has 0 aliphatic carbocycles. The first-order valence-corrected chi connectivity index (χ1v) is 7.86. The van der Waals surface area contributed by atoms with Crippen LogP contribution in [0.15, 0.2) is 24.3 Å². The van der Waals surface area contributed by atoms with Crippen LogP contribution in [0.3, 0.4) is 0 Å². The van der Waals surface area contributed by atoms with Crippen molar-refractivity contribution in [2.45, 2.75) is 13.8 Å². The maximum absolute atomic E-state index is 12.4. The van der Waals surface area contributed by atoms with Gasteiger partial charge < -0.3 is 19.3 Å². The van der Waals surface area contributed by atoms with Crippen LogP contribution in [0.25, 0.3) is 0 Å². The van der Waals surface area contributed by atoms with Gasteiger partial charge in [0.1, 0.15) is 5.75 Å². The number of rotatable bonds is 4. The van der Waals surface area contributed by atoms with Crippen molar-refractivity contribution in [3.63, 3.8) is 0 Å². The van der Waals surface area contributed by atoms with Crippen molar-refractivity contribution in [1.29, 1.82) is 0 Å². The third-order valence-electron chi connectivity index (χ3n) is 3.70. The lowest BCUT2D eigenvalue weighted by atomic mass is 10.1. The fourth-order valence-corrected chi connectivity index (χ4v) is 2.34. The number of nitrogens with zero attached hydrogens (tertiary/aromatic N) is 2. The summed E-state index contributed by atoms with van der Waals surface area (Å²) in [5.41, 5.74) is 0.627. The van der Waals surface area contributed by atoms with Gasteiger partial charge in [0, 0.05) is 31.7 Å². The molecule has 6 nitrogen and oxygen atoms in total. The van der Waals surface area contributed by atoms with Crippen molar-refractivity contribution in [2.75, 3.05) is 39.9 Å². The van der Waals surface area contributed by atoms with Gasteiger partial charge in [0.05, 0.1) is 13.7 Å². The van der Waals surface area contributed by atoms with Gasteiger partial charge in [-0.1, -0.05) is 13.8 Å². The maximum Gasteiger partial charge on any atom is 0.409 e. The highest BCUT2D eigenvalue weighted by molar-refractivity contribution is 5.94. The molecule has 0 bridgehead atoms. The van der Waals surface area contributed by atoms with Gasteiger partial charge in [-0.3, -0.25) is 4.79 Å². The number of carbonyl (C=O) groups excluding carboxylic acids is 2. The van der Waals surface area contributed by atoms with E-state index in [1.807, 2.05) is 13.8 Å². The molecule has 0 unspecified atom stereocenters. The molecule has 23 heavy (non-hydrogen) atoms. The molecule has 0 radical (unpaired) electrons. The monoisotopic (exact) mass is 320 g/mol. The molecule has 126 valence electrons. The highest BCUT2D eigenvalue weighted by Gasteiger charge is 2.25. The Morgan fingerprint density at radius 1 is 1.04 bits per heavy atom. The van der Waals surface area contributed by atoms with E-state index in [0.29, 0.717) is 44.3 Å².